The monoisotopic (exact) mass is 386 g/mol. The van der Waals surface area contributed by atoms with Crippen LogP contribution in [0, 0.1) is 12.7 Å². The van der Waals surface area contributed by atoms with Crippen molar-refractivity contribution in [3.05, 3.63) is 59.2 Å². The molecule has 0 amide bonds. The van der Waals surface area contributed by atoms with E-state index in [4.69, 9.17) is 9.47 Å². The molecule has 2 heterocycles. The van der Waals surface area contributed by atoms with Gasteiger partial charge in [-0.05, 0) is 37.6 Å². The van der Waals surface area contributed by atoms with E-state index in [1.807, 2.05) is 32.0 Å². The zero-order valence-corrected chi connectivity index (χ0v) is 16.4. The molecular formula is C21H27FN4O2. The van der Waals surface area contributed by atoms with Crippen LogP contribution in [-0.2, 0) is 17.8 Å². The lowest BCUT2D eigenvalue weighted by molar-refractivity contribution is 0.140. The van der Waals surface area contributed by atoms with Crippen molar-refractivity contribution in [3.63, 3.8) is 0 Å². The number of aliphatic imine (C=N–C) groups is 1. The molecule has 2 aromatic rings. The van der Waals surface area contributed by atoms with Gasteiger partial charge in [0.05, 0.1) is 32.0 Å². The SMILES string of the molecule is CCNC(=NCc1ccc(C)cc1OC1CCOC1)NCc1ncccc1F. The smallest absolute Gasteiger partial charge is 0.191 e. The maximum absolute atomic E-state index is 13.8. The van der Waals surface area contributed by atoms with Crippen LogP contribution < -0.4 is 15.4 Å². The maximum Gasteiger partial charge on any atom is 0.191 e. The highest BCUT2D eigenvalue weighted by Gasteiger charge is 2.18. The van der Waals surface area contributed by atoms with E-state index in [-0.39, 0.29) is 18.5 Å². The van der Waals surface area contributed by atoms with E-state index in [1.54, 1.807) is 12.3 Å². The van der Waals surface area contributed by atoms with Crippen LogP contribution in [0.25, 0.3) is 0 Å². The lowest BCUT2D eigenvalue weighted by Crippen LogP contribution is -2.37. The van der Waals surface area contributed by atoms with Gasteiger partial charge in [-0.15, -0.1) is 0 Å². The summed E-state index contributed by atoms with van der Waals surface area (Å²) in [5, 5.41) is 6.30. The summed E-state index contributed by atoms with van der Waals surface area (Å²) in [5.41, 5.74) is 2.49. The Morgan fingerprint density at radius 3 is 3.00 bits per heavy atom. The van der Waals surface area contributed by atoms with Crippen LogP contribution in [0.4, 0.5) is 4.39 Å². The molecule has 0 radical (unpaired) electrons. The van der Waals surface area contributed by atoms with Crippen LogP contribution in [0.5, 0.6) is 5.75 Å². The molecule has 28 heavy (non-hydrogen) atoms. The summed E-state index contributed by atoms with van der Waals surface area (Å²) < 4.78 is 25.3. The minimum Gasteiger partial charge on any atom is -0.488 e. The van der Waals surface area contributed by atoms with Crippen molar-refractivity contribution in [2.24, 2.45) is 4.99 Å². The fourth-order valence-corrected chi connectivity index (χ4v) is 2.91. The number of hydrogen-bond acceptors (Lipinski definition) is 4. The zero-order chi connectivity index (χ0) is 19.8. The number of aromatic nitrogens is 1. The molecule has 150 valence electrons. The molecule has 1 aliphatic heterocycles. The highest BCUT2D eigenvalue weighted by molar-refractivity contribution is 5.79. The Labute approximate surface area is 165 Å². The topological polar surface area (TPSA) is 67.8 Å². The summed E-state index contributed by atoms with van der Waals surface area (Å²) in [6.45, 7) is 6.79. The number of nitrogens with zero attached hydrogens (tertiary/aromatic N) is 2. The van der Waals surface area contributed by atoms with Crippen molar-refractivity contribution < 1.29 is 13.9 Å². The molecule has 1 aromatic carbocycles. The molecule has 1 unspecified atom stereocenters. The third-order valence-corrected chi connectivity index (χ3v) is 4.41. The van der Waals surface area contributed by atoms with E-state index in [0.717, 1.165) is 29.9 Å². The summed E-state index contributed by atoms with van der Waals surface area (Å²) in [6.07, 6.45) is 2.56. The van der Waals surface area contributed by atoms with Crippen LogP contribution in [0.1, 0.15) is 30.2 Å². The normalized spacial score (nSPS) is 16.8. The van der Waals surface area contributed by atoms with Gasteiger partial charge < -0.3 is 20.1 Å². The number of pyridine rings is 1. The molecule has 1 fully saturated rings. The second-order valence-corrected chi connectivity index (χ2v) is 6.70. The largest absolute Gasteiger partial charge is 0.488 e. The van der Waals surface area contributed by atoms with Crippen LogP contribution in [-0.4, -0.2) is 36.8 Å². The lowest BCUT2D eigenvalue weighted by atomic mass is 10.1. The number of hydrogen-bond donors (Lipinski definition) is 2. The van der Waals surface area contributed by atoms with E-state index >= 15 is 0 Å². The molecule has 1 aromatic heterocycles. The van der Waals surface area contributed by atoms with E-state index in [1.165, 1.54) is 6.07 Å². The Hall–Kier alpha value is -2.67. The van der Waals surface area contributed by atoms with Gasteiger partial charge in [0.15, 0.2) is 5.96 Å². The molecule has 0 aliphatic carbocycles. The van der Waals surface area contributed by atoms with E-state index < -0.39 is 0 Å². The number of nitrogens with one attached hydrogen (secondary N) is 2. The Kier molecular flexibility index (Phi) is 7.19. The van der Waals surface area contributed by atoms with E-state index in [9.17, 15) is 4.39 Å². The molecular weight excluding hydrogens is 359 g/mol. The van der Waals surface area contributed by atoms with Gasteiger partial charge in [0.1, 0.15) is 17.7 Å². The fourth-order valence-electron chi connectivity index (χ4n) is 2.91. The van der Waals surface area contributed by atoms with Gasteiger partial charge in [0.25, 0.3) is 0 Å². The van der Waals surface area contributed by atoms with Crippen molar-refractivity contribution in [3.8, 4) is 5.75 Å². The molecule has 1 saturated heterocycles. The molecule has 1 atom stereocenters. The van der Waals surface area contributed by atoms with Crippen molar-refractivity contribution in [1.82, 2.24) is 15.6 Å². The lowest BCUT2D eigenvalue weighted by Gasteiger charge is -2.16. The summed E-state index contributed by atoms with van der Waals surface area (Å²) in [5.74, 6) is 1.10. The first-order valence-corrected chi connectivity index (χ1v) is 9.61. The summed E-state index contributed by atoms with van der Waals surface area (Å²) >= 11 is 0. The minimum atomic E-state index is -0.334. The van der Waals surface area contributed by atoms with Gasteiger partial charge in [-0.1, -0.05) is 12.1 Å². The summed E-state index contributed by atoms with van der Waals surface area (Å²) in [6, 6.07) is 9.09. The third kappa shape index (κ3) is 5.66. The van der Waals surface area contributed by atoms with Crippen LogP contribution in [0.15, 0.2) is 41.5 Å². The Bertz CT molecular complexity index is 807. The average Bonchev–Trinajstić information content (AvgIpc) is 3.19. The second-order valence-electron chi connectivity index (χ2n) is 6.70. The molecule has 0 bridgehead atoms. The second kappa shape index (κ2) is 10.0. The van der Waals surface area contributed by atoms with Crippen LogP contribution in [0.2, 0.25) is 0 Å². The van der Waals surface area contributed by atoms with Crippen LogP contribution >= 0.6 is 0 Å². The predicted molar refractivity (Wildman–Crippen MR) is 107 cm³/mol. The molecule has 6 nitrogen and oxygen atoms in total. The first-order chi connectivity index (χ1) is 13.7. The van der Waals surface area contributed by atoms with E-state index in [0.29, 0.717) is 31.3 Å². The highest BCUT2D eigenvalue weighted by Crippen LogP contribution is 2.24. The number of ether oxygens (including phenoxy) is 2. The Morgan fingerprint density at radius 2 is 2.25 bits per heavy atom. The average molecular weight is 386 g/mol. The third-order valence-electron chi connectivity index (χ3n) is 4.41. The maximum atomic E-state index is 13.8. The van der Waals surface area contributed by atoms with Gasteiger partial charge in [0.2, 0.25) is 0 Å². The van der Waals surface area contributed by atoms with Crippen LogP contribution in [0.3, 0.4) is 0 Å². The number of aryl methyl sites for hydroxylation is 1. The Balaban J connectivity index is 1.69. The first-order valence-electron chi connectivity index (χ1n) is 9.61. The highest BCUT2D eigenvalue weighted by atomic mass is 19.1. The molecule has 7 heteroatoms. The number of benzene rings is 1. The number of guanidine groups is 1. The molecule has 1 aliphatic rings. The molecule has 2 N–H and O–H groups in total. The summed E-state index contributed by atoms with van der Waals surface area (Å²) in [4.78, 5) is 8.68. The van der Waals surface area contributed by atoms with Gasteiger partial charge in [-0.3, -0.25) is 4.98 Å². The minimum absolute atomic E-state index is 0.0861. The first kappa shape index (κ1) is 20.1. The van der Waals surface area contributed by atoms with Gasteiger partial charge in [0, 0.05) is 24.7 Å². The van der Waals surface area contributed by atoms with Gasteiger partial charge in [-0.25, -0.2) is 9.38 Å². The summed E-state index contributed by atoms with van der Waals surface area (Å²) in [7, 11) is 0. The van der Waals surface area contributed by atoms with Gasteiger partial charge in [-0.2, -0.15) is 0 Å². The van der Waals surface area contributed by atoms with E-state index in [2.05, 4.69) is 20.6 Å². The van der Waals surface area contributed by atoms with Crippen molar-refractivity contribution in [2.75, 3.05) is 19.8 Å². The fraction of sp³-hybridized carbons (Fsp3) is 0.429. The molecule has 3 rings (SSSR count). The van der Waals surface area contributed by atoms with Gasteiger partial charge >= 0.3 is 0 Å². The number of halogens is 1. The van der Waals surface area contributed by atoms with Crippen molar-refractivity contribution in [2.45, 2.75) is 39.5 Å². The van der Waals surface area contributed by atoms with Crippen molar-refractivity contribution in [1.29, 1.82) is 0 Å². The molecule has 0 saturated carbocycles. The predicted octanol–water partition coefficient (Wildman–Crippen LogP) is 2.95. The quantitative estimate of drug-likeness (QED) is 0.566. The Morgan fingerprint density at radius 1 is 1.36 bits per heavy atom. The zero-order valence-electron chi connectivity index (χ0n) is 16.4. The number of rotatable bonds is 7. The standard InChI is InChI=1S/C21H27FN4O2/c1-3-23-21(26-13-19-18(22)5-4-9-24-19)25-12-16-7-6-15(2)11-20(16)28-17-8-10-27-14-17/h4-7,9,11,17H,3,8,10,12-14H2,1-2H3,(H2,23,25,26). The van der Waals surface area contributed by atoms with Crippen molar-refractivity contribution >= 4 is 5.96 Å². The molecule has 0 spiro atoms.